The van der Waals surface area contributed by atoms with E-state index in [1.54, 1.807) is 12.1 Å². The molecule has 6 nitrogen and oxygen atoms in total. The van der Waals surface area contributed by atoms with Gasteiger partial charge in [-0.1, -0.05) is 36.4 Å². The summed E-state index contributed by atoms with van der Waals surface area (Å²) >= 11 is 5.47. The van der Waals surface area contributed by atoms with Crippen LogP contribution in [0.25, 0.3) is 27.8 Å². The van der Waals surface area contributed by atoms with Crippen molar-refractivity contribution in [2.24, 2.45) is 0 Å². The summed E-state index contributed by atoms with van der Waals surface area (Å²) in [5.74, 6) is 1.06. The molecule has 4 aromatic rings. The van der Waals surface area contributed by atoms with E-state index in [0.717, 1.165) is 16.5 Å². The number of aromatic hydroxyl groups is 1. The van der Waals surface area contributed by atoms with Gasteiger partial charge in [-0.2, -0.15) is 5.10 Å². The van der Waals surface area contributed by atoms with Crippen molar-refractivity contribution in [3.8, 4) is 28.6 Å². The minimum atomic E-state index is 0.0408. The van der Waals surface area contributed by atoms with Gasteiger partial charge in [-0.15, -0.1) is 0 Å². The van der Waals surface area contributed by atoms with E-state index in [9.17, 15) is 5.11 Å². The van der Waals surface area contributed by atoms with E-state index in [1.807, 2.05) is 47.0 Å². The molecule has 0 saturated heterocycles. The molecule has 0 bridgehead atoms. The minimum Gasteiger partial charge on any atom is -0.507 e. The van der Waals surface area contributed by atoms with Gasteiger partial charge in [-0.25, -0.2) is 0 Å². The molecule has 1 aromatic heterocycles. The van der Waals surface area contributed by atoms with E-state index in [1.165, 1.54) is 13.2 Å². The second-order valence-corrected chi connectivity index (χ2v) is 6.30. The molecule has 0 aliphatic rings. The summed E-state index contributed by atoms with van der Waals surface area (Å²) in [5, 5.41) is 19.8. The SMILES string of the molecule is COCOc1ccc(-c2n[nH]c(=S)n2-c2cccc3ccccc23)c(O)c1. The molecular weight excluding hydrogens is 362 g/mol. The number of ether oxygens (including phenoxy) is 2. The summed E-state index contributed by atoms with van der Waals surface area (Å²) in [5.41, 5.74) is 1.43. The third-order valence-electron chi connectivity index (χ3n) is 4.23. The zero-order valence-electron chi connectivity index (χ0n) is 14.5. The predicted octanol–water partition coefficient (Wildman–Crippen LogP) is 4.44. The molecule has 0 radical (unpaired) electrons. The van der Waals surface area contributed by atoms with Gasteiger partial charge in [0.25, 0.3) is 0 Å². The van der Waals surface area contributed by atoms with Gasteiger partial charge < -0.3 is 14.6 Å². The van der Waals surface area contributed by atoms with Crippen molar-refractivity contribution in [2.75, 3.05) is 13.9 Å². The van der Waals surface area contributed by atoms with Crippen molar-refractivity contribution >= 4 is 23.0 Å². The van der Waals surface area contributed by atoms with Crippen LogP contribution in [-0.4, -0.2) is 33.8 Å². The van der Waals surface area contributed by atoms with Gasteiger partial charge in [0.05, 0.1) is 11.3 Å². The standard InChI is InChI=1S/C20H17N3O3S/c1-25-12-26-14-9-10-16(18(24)11-14)19-21-22-20(27)23(19)17-8-4-6-13-5-2-3-7-15(13)17/h2-11,24H,12H2,1H3,(H,22,27). The highest BCUT2D eigenvalue weighted by molar-refractivity contribution is 7.71. The van der Waals surface area contributed by atoms with Crippen molar-refractivity contribution in [3.05, 3.63) is 65.4 Å². The first kappa shape index (κ1) is 17.3. The topological polar surface area (TPSA) is 72.3 Å². The van der Waals surface area contributed by atoms with E-state index >= 15 is 0 Å². The fraction of sp³-hybridized carbons (Fsp3) is 0.100. The maximum atomic E-state index is 10.5. The zero-order chi connectivity index (χ0) is 18.8. The zero-order valence-corrected chi connectivity index (χ0v) is 15.4. The second-order valence-electron chi connectivity index (χ2n) is 5.92. The quantitative estimate of drug-likeness (QED) is 0.396. The molecule has 1 heterocycles. The lowest BCUT2D eigenvalue weighted by Gasteiger charge is -2.12. The van der Waals surface area contributed by atoms with Crippen molar-refractivity contribution < 1.29 is 14.6 Å². The Morgan fingerprint density at radius 3 is 2.74 bits per heavy atom. The number of hydrogen-bond donors (Lipinski definition) is 2. The van der Waals surface area contributed by atoms with Crippen molar-refractivity contribution in [1.29, 1.82) is 0 Å². The molecule has 0 spiro atoms. The Bertz CT molecular complexity index is 1160. The van der Waals surface area contributed by atoms with Crippen LogP contribution in [-0.2, 0) is 4.74 Å². The number of rotatable bonds is 5. The molecule has 0 atom stereocenters. The molecule has 7 heteroatoms. The number of methoxy groups -OCH3 is 1. The predicted molar refractivity (Wildman–Crippen MR) is 106 cm³/mol. The van der Waals surface area contributed by atoms with Crippen LogP contribution in [0.2, 0.25) is 0 Å². The van der Waals surface area contributed by atoms with Gasteiger partial charge in [-0.3, -0.25) is 9.67 Å². The summed E-state index contributed by atoms with van der Waals surface area (Å²) in [6, 6.07) is 19.1. The molecule has 0 unspecified atom stereocenters. The largest absolute Gasteiger partial charge is 0.507 e. The fourth-order valence-corrected chi connectivity index (χ4v) is 3.25. The lowest BCUT2D eigenvalue weighted by Crippen LogP contribution is -2.00. The van der Waals surface area contributed by atoms with Crippen molar-refractivity contribution in [3.63, 3.8) is 0 Å². The second kappa shape index (κ2) is 7.22. The lowest BCUT2D eigenvalue weighted by molar-refractivity contribution is 0.0510. The average Bonchev–Trinajstić information content (AvgIpc) is 3.07. The average molecular weight is 379 g/mol. The lowest BCUT2D eigenvalue weighted by atomic mass is 10.1. The van der Waals surface area contributed by atoms with Crippen LogP contribution in [0, 0.1) is 4.77 Å². The van der Waals surface area contributed by atoms with Gasteiger partial charge in [0, 0.05) is 18.6 Å². The Kier molecular flexibility index (Phi) is 4.62. The number of benzene rings is 3. The highest BCUT2D eigenvalue weighted by Crippen LogP contribution is 2.34. The van der Waals surface area contributed by atoms with Crippen LogP contribution in [0.1, 0.15) is 0 Å². The molecule has 3 aromatic carbocycles. The number of H-pyrrole nitrogens is 1. The van der Waals surface area contributed by atoms with E-state index in [-0.39, 0.29) is 12.5 Å². The van der Waals surface area contributed by atoms with E-state index in [4.69, 9.17) is 21.7 Å². The van der Waals surface area contributed by atoms with Crippen LogP contribution in [0.15, 0.2) is 60.7 Å². The molecule has 4 rings (SSSR count). The van der Waals surface area contributed by atoms with E-state index in [2.05, 4.69) is 10.2 Å². The first-order valence-corrected chi connectivity index (χ1v) is 8.70. The minimum absolute atomic E-state index is 0.0408. The maximum absolute atomic E-state index is 10.5. The summed E-state index contributed by atoms with van der Waals surface area (Å²) in [7, 11) is 1.54. The van der Waals surface area contributed by atoms with E-state index < -0.39 is 0 Å². The number of nitrogens with zero attached hydrogens (tertiary/aromatic N) is 2. The van der Waals surface area contributed by atoms with Gasteiger partial charge >= 0.3 is 0 Å². The third-order valence-corrected chi connectivity index (χ3v) is 4.51. The molecule has 0 amide bonds. The first-order chi connectivity index (χ1) is 13.2. The van der Waals surface area contributed by atoms with Gasteiger partial charge in [0.1, 0.15) is 11.5 Å². The van der Waals surface area contributed by atoms with Gasteiger partial charge in [0.15, 0.2) is 17.4 Å². The third kappa shape index (κ3) is 3.18. The normalized spacial score (nSPS) is 11.0. The Balaban J connectivity index is 1.87. The van der Waals surface area contributed by atoms with Crippen LogP contribution in [0.4, 0.5) is 0 Å². The summed E-state index contributed by atoms with van der Waals surface area (Å²) in [4.78, 5) is 0. The molecular formula is C20H17N3O3S. The summed E-state index contributed by atoms with van der Waals surface area (Å²) in [6.45, 7) is 0.105. The van der Waals surface area contributed by atoms with Crippen molar-refractivity contribution in [2.45, 2.75) is 0 Å². The van der Waals surface area contributed by atoms with E-state index in [0.29, 0.717) is 21.9 Å². The van der Waals surface area contributed by atoms with Crippen LogP contribution < -0.4 is 4.74 Å². The van der Waals surface area contributed by atoms with Crippen molar-refractivity contribution in [1.82, 2.24) is 14.8 Å². The fourth-order valence-electron chi connectivity index (χ4n) is 3.02. The van der Waals surface area contributed by atoms with Gasteiger partial charge in [0.2, 0.25) is 0 Å². The number of nitrogens with one attached hydrogen (secondary N) is 1. The van der Waals surface area contributed by atoms with Crippen LogP contribution >= 0.6 is 12.2 Å². The number of phenolic OH excluding ortho intramolecular Hbond substituents is 1. The highest BCUT2D eigenvalue weighted by atomic mass is 32.1. The molecule has 0 aliphatic heterocycles. The maximum Gasteiger partial charge on any atom is 0.200 e. The summed E-state index contributed by atoms with van der Waals surface area (Å²) < 4.78 is 12.5. The number of phenols is 1. The number of fused-ring (bicyclic) bond motifs is 1. The molecule has 0 aliphatic carbocycles. The number of hydrogen-bond acceptors (Lipinski definition) is 5. The molecule has 0 fully saturated rings. The molecule has 0 saturated carbocycles. The number of aromatic amines is 1. The molecule has 136 valence electrons. The van der Waals surface area contributed by atoms with Gasteiger partial charge in [-0.05, 0) is 35.8 Å². The number of aromatic nitrogens is 3. The first-order valence-electron chi connectivity index (χ1n) is 8.29. The molecule has 2 N–H and O–H groups in total. The Labute approximate surface area is 160 Å². The Hall–Kier alpha value is -3.16. The van der Waals surface area contributed by atoms with Crippen LogP contribution in [0.3, 0.4) is 0 Å². The highest BCUT2D eigenvalue weighted by Gasteiger charge is 2.16. The van der Waals surface area contributed by atoms with Crippen LogP contribution in [0.5, 0.6) is 11.5 Å². The Morgan fingerprint density at radius 1 is 1.11 bits per heavy atom. The smallest absolute Gasteiger partial charge is 0.200 e. The molecule has 27 heavy (non-hydrogen) atoms. The monoisotopic (exact) mass is 379 g/mol. The summed E-state index contributed by atoms with van der Waals surface area (Å²) in [6.07, 6.45) is 0. The Morgan fingerprint density at radius 2 is 1.93 bits per heavy atom.